The largest absolute Gasteiger partial charge is 0.248 e. The lowest BCUT2D eigenvalue weighted by atomic mass is 9.96. The van der Waals surface area contributed by atoms with Crippen molar-refractivity contribution in [3.05, 3.63) is 0 Å². The molecule has 0 bridgehead atoms. The fourth-order valence-corrected chi connectivity index (χ4v) is 2.78. The average molecular weight is 365 g/mol. The van der Waals surface area contributed by atoms with Gasteiger partial charge in [-0.3, -0.25) is 0 Å². The minimum absolute atomic E-state index is 1.03. The number of alkyl halides is 1. The Bertz CT molecular complexity index is 89.6. The smallest absolute Gasteiger partial charge is 0.0201 e. The number of halogens is 2. The number of hydrogen-bond acceptors (Lipinski definition) is 1. The standard InChI is InChI=1S/C7H13I2N/c8-4-1-7-2-5-10(9)6-3-7/h7H,1-6H2. The molecule has 0 N–H and O–H groups in total. The third-order valence-corrected chi connectivity index (χ3v) is 3.66. The summed E-state index contributed by atoms with van der Waals surface area (Å²) in [5.74, 6) is 1.03. The van der Waals surface area contributed by atoms with Gasteiger partial charge in [0.25, 0.3) is 0 Å². The Morgan fingerprint density at radius 3 is 2.40 bits per heavy atom. The molecule has 0 saturated carbocycles. The molecule has 0 radical (unpaired) electrons. The van der Waals surface area contributed by atoms with E-state index >= 15 is 0 Å². The van der Waals surface area contributed by atoms with Crippen LogP contribution in [0.25, 0.3) is 0 Å². The van der Waals surface area contributed by atoms with Gasteiger partial charge in [-0.1, -0.05) is 22.6 Å². The zero-order chi connectivity index (χ0) is 7.40. The van der Waals surface area contributed by atoms with Gasteiger partial charge in [0.15, 0.2) is 0 Å². The van der Waals surface area contributed by atoms with Crippen LogP contribution in [0.2, 0.25) is 0 Å². The molecule has 0 aromatic heterocycles. The Morgan fingerprint density at radius 2 is 1.90 bits per heavy atom. The van der Waals surface area contributed by atoms with Crippen LogP contribution >= 0.6 is 45.5 Å². The highest BCUT2D eigenvalue weighted by molar-refractivity contribution is 14.1. The van der Waals surface area contributed by atoms with Gasteiger partial charge < -0.3 is 0 Å². The molecule has 1 fully saturated rings. The zero-order valence-electron chi connectivity index (χ0n) is 6.02. The molecule has 1 rings (SSSR count). The van der Waals surface area contributed by atoms with Crippen molar-refractivity contribution >= 4 is 45.5 Å². The molecule has 0 unspecified atom stereocenters. The van der Waals surface area contributed by atoms with Gasteiger partial charge >= 0.3 is 0 Å². The van der Waals surface area contributed by atoms with Crippen molar-refractivity contribution in [3.63, 3.8) is 0 Å². The maximum atomic E-state index is 2.48. The summed E-state index contributed by atoms with van der Waals surface area (Å²) >= 11 is 4.91. The zero-order valence-corrected chi connectivity index (χ0v) is 10.3. The molecular weight excluding hydrogens is 352 g/mol. The van der Waals surface area contributed by atoms with Crippen LogP contribution in [-0.4, -0.2) is 20.6 Å². The maximum Gasteiger partial charge on any atom is 0.0201 e. The van der Waals surface area contributed by atoms with E-state index in [1.807, 2.05) is 0 Å². The first-order valence-corrected chi connectivity index (χ1v) is 6.28. The van der Waals surface area contributed by atoms with Crippen LogP contribution < -0.4 is 0 Å². The normalized spacial score (nSPS) is 23.4. The lowest BCUT2D eigenvalue weighted by Crippen LogP contribution is -2.25. The van der Waals surface area contributed by atoms with Crippen LogP contribution in [0.3, 0.4) is 0 Å². The van der Waals surface area contributed by atoms with Crippen molar-refractivity contribution in [1.82, 2.24) is 3.11 Å². The van der Waals surface area contributed by atoms with E-state index in [2.05, 4.69) is 48.6 Å². The number of hydrogen-bond donors (Lipinski definition) is 0. The first-order chi connectivity index (χ1) is 4.83. The molecule has 60 valence electrons. The summed E-state index contributed by atoms with van der Waals surface area (Å²) in [5.41, 5.74) is 0. The van der Waals surface area contributed by atoms with Crippen molar-refractivity contribution in [1.29, 1.82) is 0 Å². The molecular formula is C7H13I2N. The average Bonchev–Trinajstić information content (AvgIpc) is 1.95. The second-order valence-electron chi connectivity index (χ2n) is 2.83. The molecule has 1 nitrogen and oxygen atoms in total. The SMILES string of the molecule is ICCC1CCN(I)CC1. The van der Waals surface area contributed by atoms with E-state index in [1.54, 1.807) is 0 Å². The Labute approximate surface area is 90.6 Å². The number of nitrogens with zero attached hydrogens (tertiary/aromatic N) is 1. The van der Waals surface area contributed by atoms with Crippen molar-refractivity contribution < 1.29 is 0 Å². The predicted octanol–water partition coefficient (Wildman–Crippen LogP) is 2.87. The highest BCUT2D eigenvalue weighted by atomic mass is 127. The van der Waals surface area contributed by atoms with Crippen LogP contribution in [0.1, 0.15) is 19.3 Å². The van der Waals surface area contributed by atoms with Crippen molar-refractivity contribution in [2.45, 2.75) is 19.3 Å². The Hall–Kier alpha value is 1.42. The predicted molar refractivity (Wildman–Crippen MR) is 61.8 cm³/mol. The fourth-order valence-electron chi connectivity index (χ4n) is 1.34. The Morgan fingerprint density at radius 1 is 1.30 bits per heavy atom. The molecule has 0 atom stereocenters. The second-order valence-corrected chi connectivity index (χ2v) is 5.27. The van der Waals surface area contributed by atoms with E-state index in [9.17, 15) is 0 Å². The molecule has 1 aliphatic rings. The van der Waals surface area contributed by atoms with Crippen LogP contribution in [0, 0.1) is 5.92 Å². The highest BCUT2D eigenvalue weighted by Gasteiger charge is 2.15. The molecule has 10 heavy (non-hydrogen) atoms. The number of piperidine rings is 1. The summed E-state index contributed by atoms with van der Waals surface area (Å²) in [6.07, 6.45) is 4.28. The van der Waals surface area contributed by atoms with E-state index in [4.69, 9.17) is 0 Å². The van der Waals surface area contributed by atoms with E-state index in [0.717, 1.165) is 5.92 Å². The summed E-state index contributed by atoms with van der Waals surface area (Å²) in [4.78, 5) is 0. The molecule has 0 aromatic carbocycles. The molecule has 0 amide bonds. The van der Waals surface area contributed by atoms with Crippen LogP contribution in [0.4, 0.5) is 0 Å². The lowest BCUT2D eigenvalue weighted by molar-refractivity contribution is 0.304. The summed E-state index contributed by atoms with van der Waals surface area (Å²) in [6, 6.07) is 0. The minimum atomic E-state index is 1.03. The van der Waals surface area contributed by atoms with Gasteiger partial charge in [0.1, 0.15) is 0 Å². The molecule has 0 spiro atoms. The minimum Gasteiger partial charge on any atom is -0.248 e. The maximum absolute atomic E-state index is 2.48. The summed E-state index contributed by atoms with van der Waals surface area (Å²) in [5, 5.41) is 0. The monoisotopic (exact) mass is 365 g/mol. The molecule has 1 heterocycles. The molecule has 0 aliphatic carbocycles. The fraction of sp³-hybridized carbons (Fsp3) is 1.00. The molecule has 0 aromatic rings. The summed E-state index contributed by atoms with van der Waals surface area (Å²) in [6.45, 7) is 2.61. The van der Waals surface area contributed by atoms with E-state index in [0.29, 0.717) is 0 Å². The van der Waals surface area contributed by atoms with Crippen molar-refractivity contribution in [2.75, 3.05) is 17.5 Å². The highest BCUT2D eigenvalue weighted by Crippen LogP contribution is 2.22. The van der Waals surface area contributed by atoms with Gasteiger partial charge in [0, 0.05) is 36.0 Å². The molecule has 3 heteroatoms. The topological polar surface area (TPSA) is 3.24 Å². The van der Waals surface area contributed by atoms with Gasteiger partial charge in [-0.2, -0.15) is 0 Å². The van der Waals surface area contributed by atoms with Crippen molar-refractivity contribution in [3.8, 4) is 0 Å². The molecule has 1 aliphatic heterocycles. The van der Waals surface area contributed by atoms with E-state index in [1.165, 1.54) is 36.8 Å². The summed E-state index contributed by atoms with van der Waals surface area (Å²) < 4.78 is 3.74. The van der Waals surface area contributed by atoms with Gasteiger partial charge in [-0.15, -0.1) is 0 Å². The quantitative estimate of drug-likeness (QED) is 0.413. The Kier molecular flexibility index (Phi) is 4.88. The first-order valence-electron chi connectivity index (χ1n) is 3.79. The van der Waals surface area contributed by atoms with E-state index in [-0.39, 0.29) is 0 Å². The van der Waals surface area contributed by atoms with Crippen molar-refractivity contribution in [2.24, 2.45) is 5.92 Å². The van der Waals surface area contributed by atoms with E-state index < -0.39 is 0 Å². The van der Waals surface area contributed by atoms with Gasteiger partial charge in [0.2, 0.25) is 0 Å². The lowest BCUT2D eigenvalue weighted by Gasteiger charge is -2.26. The third-order valence-electron chi connectivity index (χ3n) is 2.08. The van der Waals surface area contributed by atoms with Crippen LogP contribution in [0.15, 0.2) is 0 Å². The van der Waals surface area contributed by atoms with Gasteiger partial charge in [-0.25, -0.2) is 3.11 Å². The first kappa shape index (κ1) is 9.51. The van der Waals surface area contributed by atoms with Gasteiger partial charge in [-0.05, 0) is 29.6 Å². The van der Waals surface area contributed by atoms with Crippen LogP contribution in [0.5, 0.6) is 0 Å². The molecule has 1 saturated heterocycles. The Balaban J connectivity index is 2.13. The number of rotatable bonds is 2. The second kappa shape index (κ2) is 5.13. The van der Waals surface area contributed by atoms with Gasteiger partial charge in [0.05, 0.1) is 0 Å². The van der Waals surface area contributed by atoms with Crippen LogP contribution in [-0.2, 0) is 0 Å². The third kappa shape index (κ3) is 3.21. The summed E-state index contributed by atoms with van der Waals surface area (Å²) in [7, 11) is 0.